The standard InChI is InChI=1S/C16H14ClFO/c1-10-4-3-5-11(2)16(10)15(19)9-12-8-13(17)6-7-14(12)18/h3-8H,9H2,1-2H3. The van der Waals surface area contributed by atoms with Gasteiger partial charge < -0.3 is 0 Å². The molecule has 0 aliphatic rings. The molecule has 2 aromatic rings. The van der Waals surface area contributed by atoms with Crippen molar-refractivity contribution in [2.45, 2.75) is 20.3 Å². The van der Waals surface area contributed by atoms with Crippen molar-refractivity contribution in [2.75, 3.05) is 0 Å². The zero-order valence-electron chi connectivity index (χ0n) is 10.8. The van der Waals surface area contributed by atoms with Gasteiger partial charge in [-0.15, -0.1) is 0 Å². The van der Waals surface area contributed by atoms with Crippen LogP contribution in [-0.4, -0.2) is 5.78 Å². The quantitative estimate of drug-likeness (QED) is 0.753. The van der Waals surface area contributed by atoms with Crippen molar-refractivity contribution in [3.8, 4) is 0 Å². The molecule has 0 unspecified atom stereocenters. The van der Waals surface area contributed by atoms with Crippen LogP contribution in [0.1, 0.15) is 27.0 Å². The molecular formula is C16H14ClFO. The van der Waals surface area contributed by atoms with Gasteiger partial charge in [-0.3, -0.25) is 4.79 Å². The fraction of sp³-hybridized carbons (Fsp3) is 0.188. The first-order valence-corrected chi connectivity index (χ1v) is 6.40. The maximum absolute atomic E-state index is 13.6. The minimum absolute atomic E-state index is 0.0259. The van der Waals surface area contributed by atoms with E-state index in [2.05, 4.69) is 0 Å². The molecule has 19 heavy (non-hydrogen) atoms. The number of ketones is 1. The first-order chi connectivity index (χ1) is 8.99. The predicted octanol–water partition coefficient (Wildman–Crippen LogP) is 4.52. The van der Waals surface area contributed by atoms with E-state index < -0.39 is 5.82 Å². The van der Waals surface area contributed by atoms with Crippen molar-refractivity contribution in [2.24, 2.45) is 0 Å². The van der Waals surface area contributed by atoms with Gasteiger partial charge in [0.1, 0.15) is 5.82 Å². The lowest BCUT2D eigenvalue weighted by atomic mass is 9.95. The van der Waals surface area contributed by atoms with E-state index in [-0.39, 0.29) is 12.2 Å². The molecule has 0 saturated heterocycles. The average molecular weight is 277 g/mol. The third-order valence-corrected chi connectivity index (χ3v) is 3.35. The number of rotatable bonds is 3. The van der Waals surface area contributed by atoms with E-state index in [4.69, 9.17) is 11.6 Å². The van der Waals surface area contributed by atoms with Gasteiger partial charge in [-0.05, 0) is 48.7 Å². The van der Waals surface area contributed by atoms with E-state index >= 15 is 0 Å². The molecule has 0 spiro atoms. The minimum atomic E-state index is -0.399. The number of carbonyl (C=O) groups excluding carboxylic acids is 1. The summed E-state index contributed by atoms with van der Waals surface area (Å²) in [5.41, 5.74) is 2.82. The van der Waals surface area contributed by atoms with Crippen LogP contribution < -0.4 is 0 Å². The molecule has 0 aromatic heterocycles. The Morgan fingerprint density at radius 3 is 2.42 bits per heavy atom. The zero-order chi connectivity index (χ0) is 14.0. The Morgan fingerprint density at radius 2 is 1.79 bits per heavy atom. The number of halogens is 2. The van der Waals surface area contributed by atoms with Gasteiger partial charge in [0.15, 0.2) is 5.78 Å². The van der Waals surface area contributed by atoms with Gasteiger partial charge in [0.05, 0.1) is 0 Å². The third kappa shape index (κ3) is 3.02. The second kappa shape index (κ2) is 5.54. The first kappa shape index (κ1) is 13.8. The number of carbonyl (C=O) groups is 1. The van der Waals surface area contributed by atoms with E-state index in [1.54, 1.807) is 0 Å². The summed E-state index contributed by atoms with van der Waals surface area (Å²) < 4.78 is 13.6. The summed E-state index contributed by atoms with van der Waals surface area (Å²) in [5.74, 6) is -0.485. The smallest absolute Gasteiger partial charge is 0.167 e. The molecule has 0 aliphatic heterocycles. The molecule has 0 radical (unpaired) electrons. The molecule has 2 rings (SSSR count). The highest BCUT2D eigenvalue weighted by molar-refractivity contribution is 6.30. The Labute approximate surface area is 117 Å². The average Bonchev–Trinajstić information content (AvgIpc) is 2.33. The molecule has 0 fully saturated rings. The second-order valence-corrected chi connectivity index (χ2v) is 5.04. The van der Waals surface area contributed by atoms with Crippen molar-refractivity contribution in [1.82, 2.24) is 0 Å². The van der Waals surface area contributed by atoms with Crippen molar-refractivity contribution < 1.29 is 9.18 Å². The van der Waals surface area contributed by atoms with Crippen LogP contribution in [0.3, 0.4) is 0 Å². The van der Waals surface area contributed by atoms with Crippen LogP contribution >= 0.6 is 11.6 Å². The first-order valence-electron chi connectivity index (χ1n) is 6.02. The third-order valence-electron chi connectivity index (χ3n) is 3.12. The molecule has 0 bridgehead atoms. The van der Waals surface area contributed by atoms with Crippen molar-refractivity contribution >= 4 is 17.4 Å². The Kier molecular flexibility index (Phi) is 4.01. The van der Waals surface area contributed by atoms with Crippen LogP contribution in [0.25, 0.3) is 0 Å². The highest BCUT2D eigenvalue weighted by Crippen LogP contribution is 2.20. The van der Waals surface area contributed by atoms with Gasteiger partial charge in [-0.1, -0.05) is 29.8 Å². The Hall–Kier alpha value is -1.67. The lowest BCUT2D eigenvalue weighted by Crippen LogP contribution is -2.09. The van der Waals surface area contributed by atoms with Crippen molar-refractivity contribution in [1.29, 1.82) is 0 Å². The maximum atomic E-state index is 13.6. The highest BCUT2D eigenvalue weighted by Gasteiger charge is 2.14. The summed E-state index contributed by atoms with van der Waals surface area (Å²) in [5, 5.41) is 0.436. The van der Waals surface area contributed by atoms with Crippen LogP contribution in [-0.2, 0) is 6.42 Å². The Balaban J connectivity index is 2.34. The normalized spacial score (nSPS) is 10.5. The van der Waals surface area contributed by atoms with Gasteiger partial charge in [-0.25, -0.2) is 4.39 Å². The van der Waals surface area contributed by atoms with E-state index in [0.29, 0.717) is 16.1 Å². The van der Waals surface area contributed by atoms with Crippen LogP contribution in [0.4, 0.5) is 4.39 Å². The summed E-state index contributed by atoms with van der Waals surface area (Å²) in [7, 11) is 0. The number of aryl methyl sites for hydroxylation is 2. The lowest BCUT2D eigenvalue weighted by Gasteiger charge is -2.09. The maximum Gasteiger partial charge on any atom is 0.167 e. The number of benzene rings is 2. The summed E-state index contributed by atoms with van der Waals surface area (Å²) in [6.07, 6.45) is 0.0259. The lowest BCUT2D eigenvalue weighted by molar-refractivity contribution is 0.0990. The van der Waals surface area contributed by atoms with Crippen LogP contribution in [0.2, 0.25) is 5.02 Å². The summed E-state index contributed by atoms with van der Waals surface area (Å²) >= 11 is 5.83. The molecule has 0 atom stereocenters. The monoisotopic (exact) mass is 276 g/mol. The number of Topliss-reactive ketones (excluding diaryl/α,β-unsaturated/α-hetero) is 1. The molecule has 0 aliphatic carbocycles. The van der Waals surface area contributed by atoms with Crippen molar-refractivity contribution in [3.63, 3.8) is 0 Å². The summed E-state index contributed by atoms with van der Waals surface area (Å²) in [4.78, 5) is 12.3. The molecule has 0 amide bonds. The number of hydrogen-bond donors (Lipinski definition) is 0. The summed E-state index contributed by atoms with van der Waals surface area (Å²) in [6, 6.07) is 9.94. The molecule has 2 aromatic carbocycles. The Bertz CT molecular complexity index is 614. The summed E-state index contributed by atoms with van der Waals surface area (Å²) in [6.45, 7) is 3.77. The van der Waals surface area contributed by atoms with Gasteiger partial charge in [0, 0.05) is 17.0 Å². The minimum Gasteiger partial charge on any atom is -0.294 e. The van der Waals surface area contributed by atoms with Crippen molar-refractivity contribution in [3.05, 3.63) is 69.5 Å². The van der Waals surface area contributed by atoms with E-state index in [0.717, 1.165) is 11.1 Å². The Morgan fingerprint density at radius 1 is 1.16 bits per heavy atom. The van der Waals surface area contributed by atoms with Crippen LogP contribution in [0.15, 0.2) is 36.4 Å². The van der Waals surface area contributed by atoms with E-state index in [1.807, 2.05) is 32.0 Å². The van der Waals surface area contributed by atoms with Gasteiger partial charge >= 0.3 is 0 Å². The molecule has 0 heterocycles. The highest BCUT2D eigenvalue weighted by atomic mass is 35.5. The SMILES string of the molecule is Cc1cccc(C)c1C(=O)Cc1cc(Cl)ccc1F. The zero-order valence-corrected chi connectivity index (χ0v) is 11.6. The topological polar surface area (TPSA) is 17.1 Å². The molecular weight excluding hydrogens is 263 g/mol. The fourth-order valence-electron chi connectivity index (χ4n) is 2.19. The van der Waals surface area contributed by atoms with Gasteiger partial charge in [-0.2, -0.15) is 0 Å². The van der Waals surface area contributed by atoms with Gasteiger partial charge in [0.2, 0.25) is 0 Å². The molecule has 1 nitrogen and oxygen atoms in total. The van der Waals surface area contributed by atoms with E-state index in [1.165, 1.54) is 18.2 Å². The van der Waals surface area contributed by atoms with Crippen LogP contribution in [0.5, 0.6) is 0 Å². The largest absolute Gasteiger partial charge is 0.294 e. The molecule has 0 saturated carbocycles. The predicted molar refractivity (Wildman–Crippen MR) is 75.4 cm³/mol. The second-order valence-electron chi connectivity index (χ2n) is 4.60. The van der Waals surface area contributed by atoms with Crippen LogP contribution in [0, 0.1) is 19.7 Å². The number of hydrogen-bond acceptors (Lipinski definition) is 1. The fourth-order valence-corrected chi connectivity index (χ4v) is 2.39. The van der Waals surface area contributed by atoms with Gasteiger partial charge in [0.25, 0.3) is 0 Å². The molecule has 98 valence electrons. The van der Waals surface area contributed by atoms with E-state index in [9.17, 15) is 9.18 Å². The molecule has 0 N–H and O–H groups in total. The molecule has 3 heteroatoms.